The molecule has 1 heteroatoms. The zero-order valence-corrected chi connectivity index (χ0v) is 7.09. The average Bonchev–Trinajstić information content (AvgIpc) is 2.70. The van der Waals surface area contributed by atoms with Gasteiger partial charge in [-0.3, -0.25) is 4.98 Å². The Balaban J connectivity index is 2.39. The summed E-state index contributed by atoms with van der Waals surface area (Å²) in [5, 5.41) is 0. The topological polar surface area (TPSA) is 12.9 Å². The summed E-state index contributed by atoms with van der Waals surface area (Å²) >= 11 is 0. The zero-order chi connectivity index (χ0) is 7.84. The highest BCUT2D eigenvalue weighted by Crippen LogP contribution is 2.40. The summed E-state index contributed by atoms with van der Waals surface area (Å²) < 4.78 is 0. The molecule has 0 spiro atoms. The van der Waals surface area contributed by atoms with Gasteiger partial charge in [0.1, 0.15) is 0 Å². The largest absolute Gasteiger partial charge is 0.260 e. The van der Waals surface area contributed by atoms with Crippen LogP contribution in [-0.4, -0.2) is 4.98 Å². The molecule has 0 aliphatic heterocycles. The summed E-state index contributed by atoms with van der Waals surface area (Å²) in [5.41, 5.74) is 3.97. The fraction of sp³-hybridized carbons (Fsp3) is 0.500. The molecule has 11 heavy (non-hydrogen) atoms. The van der Waals surface area contributed by atoms with Crippen molar-refractivity contribution in [2.24, 2.45) is 0 Å². The maximum Gasteiger partial charge on any atom is 0.0463 e. The van der Waals surface area contributed by atoms with Crippen molar-refractivity contribution < 1.29 is 0 Å². The van der Waals surface area contributed by atoms with E-state index in [1.54, 1.807) is 0 Å². The van der Waals surface area contributed by atoms with Crippen molar-refractivity contribution in [3.8, 4) is 0 Å². The number of hydrogen-bond acceptors (Lipinski definition) is 1. The van der Waals surface area contributed by atoms with Gasteiger partial charge in [-0.2, -0.15) is 0 Å². The van der Waals surface area contributed by atoms with Crippen LogP contribution < -0.4 is 0 Å². The van der Waals surface area contributed by atoms with Gasteiger partial charge in [0.2, 0.25) is 0 Å². The molecule has 1 aliphatic rings. The molecule has 2 rings (SSSR count). The van der Waals surface area contributed by atoms with Gasteiger partial charge < -0.3 is 0 Å². The molecule has 0 bridgehead atoms. The summed E-state index contributed by atoms with van der Waals surface area (Å²) in [4.78, 5) is 4.44. The second-order valence-electron chi connectivity index (χ2n) is 3.49. The lowest BCUT2D eigenvalue weighted by atomic mass is 10.1. The van der Waals surface area contributed by atoms with Gasteiger partial charge in [0, 0.05) is 17.8 Å². The lowest BCUT2D eigenvalue weighted by Gasteiger charge is -2.02. The van der Waals surface area contributed by atoms with E-state index in [0.717, 1.165) is 5.92 Å². The summed E-state index contributed by atoms with van der Waals surface area (Å²) in [6, 6.07) is 2.22. The van der Waals surface area contributed by atoms with E-state index in [4.69, 9.17) is 0 Å². The molecule has 1 saturated carbocycles. The minimum absolute atomic E-state index is 0.788. The molecule has 1 aromatic heterocycles. The van der Waals surface area contributed by atoms with Gasteiger partial charge in [0.15, 0.2) is 0 Å². The SMILES string of the molecule is Cc1cnc(C2CC2)c(C)c1. The number of nitrogens with zero attached hydrogens (tertiary/aromatic N) is 1. The van der Waals surface area contributed by atoms with Crippen molar-refractivity contribution in [2.45, 2.75) is 32.6 Å². The number of rotatable bonds is 1. The van der Waals surface area contributed by atoms with Gasteiger partial charge in [-0.05, 0) is 37.8 Å². The third-order valence-corrected chi connectivity index (χ3v) is 2.22. The second kappa shape index (κ2) is 2.33. The van der Waals surface area contributed by atoms with Crippen LogP contribution in [0, 0.1) is 13.8 Å². The Morgan fingerprint density at radius 3 is 2.64 bits per heavy atom. The standard InChI is InChI=1S/C10H13N/c1-7-5-8(2)10(11-6-7)9-3-4-9/h5-6,9H,3-4H2,1-2H3. The summed E-state index contributed by atoms with van der Waals surface area (Å²) in [7, 11) is 0. The molecule has 0 radical (unpaired) electrons. The first-order chi connectivity index (χ1) is 5.27. The fourth-order valence-corrected chi connectivity index (χ4v) is 1.51. The highest BCUT2D eigenvalue weighted by atomic mass is 14.7. The normalized spacial score (nSPS) is 16.9. The van der Waals surface area contributed by atoms with Crippen LogP contribution in [-0.2, 0) is 0 Å². The van der Waals surface area contributed by atoms with E-state index in [1.165, 1.54) is 29.7 Å². The molecule has 1 aromatic rings. The molecular weight excluding hydrogens is 134 g/mol. The predicted molar refractivity (Wildman–Crippen MR) is 45.7 cm³/mol. The van der Waals surface area contributed by atoms with E-state index in [1.807, 2.05) is 6.20 Å². The zero-order valence-electron chi connectivity index (χ0n) is 7.09. The van der Waals surface area contributed by atoms with E-state index < -0.39 is 0 Å². The average molecular weight is 147 g/mol. The van der Waals surface area contributed by atoms with Crippen LogP contribution in [0.5, 0.6) is 0 Å². The quantitative estimate of drug-likeness (QED) is 0.595. The molecule has 0 unspecified atom stereocenters. The van der Waals surface area contributed by atoms with Gasteiger partial charge in [0.05, 0.1) is 0 Å². The Morgan fingerprint density at radius 1 is 1.36 bits per heavy atom. The Labute approximate surface area is 67.5 Å². The molecule has 0 N–H and O–H groups in total. The van der Waals surface area contributed by atoms with Crippen molar-refractivity contribution in [1.82, 2.24) is 4.98 Å². The molecular formula is C10H13N. The van der Waals surface area contributed by atoms with Gasteiger partial charge in [0.25, 0.3) is 0 Å². The maximum absolute atomic E-state index is 4.44. The van der Waals surface area contributed by atoms with Crippen molar-refractivity contribution in [3.05, 3.63) is 29.1 Å². The number of pyridine rings is 1. The van der Waals surface area contributed by atoms with E-state index in [9.17, 15) is 0 Å². The first-order valence-corrected chi connectivity index (χ1v) is 4.20. The number of aryl methyl sites for hydroxylation is 2. The first kappa shape index (κ1) is 6.84. The Morgan fingerprint density at radius 2 is 2.09 bits per heavy atom. The molecule has 0 atom stereocenters. The van der Waals surface area contributed by atoms with Crippen molar-refractivity contribution in [2.75, 3.05) is 0 Å². The molecule has 1 nitrogen and oxygen atoms in total. The Bertz CT molecular complexity index is 274. The molecule has 1 aliphatic carbocycles. The van der Waals surface area contributed by atoms with E-state index >= 15 is 0 Å². The van der Waals surface area contributed by atoms with E-state index in [2.05, 4.69) is 24.9 Å². The summed E-state index contributed by atoms with van der Waals surface area (Å²) in [5.74, 6) is 0.788. The third kappa shape index (κ3) is 1.28. The number of hydrogen-bond donors (Lipinski definition) is 0. The van der Waals surface area contributed by atoms with Crippen LogP contribution in [0.4, 0.5) is 0 Å². The van der Waals surface area contributed by atoms with E-state index in [0.29, 0.717) is 0 Å². The van der Waals surface area contributed by atoms with Crippen molar-refractivity contribution >= 4 is 0 Å². The minimum atomic E-state index is 0.788. The van der Waals surface area contributed by atoms with Crippen LogP contribution in [0.25, 0.3) is 0 Å². The highest BCUT2D eigenvalue weighted by Gasteiger charge is 2.26. The molecule has 58 valence electrons. The highest BCUT2D eigenvalue weighted by molar-refractivity contribution is 5.28. The molecule has 0 amide bonds. The third-order valence-electron chi connectivity index (χ3n) is 2.22. The maximum atomic E-state index is 4.44. The van der Waals surface area contributed by atoms with Crippen LogP contribution in [0.1, 0.15) is 35.6 Å². The second-order valence-corrected chi connectivity index (χ2v) is 3.49. The van der Waals surface area contributed by atoms with E-state index in [-0.39, 0.29) is 0 Å². The molecule has 0 aromatic carbocycles. The Kier molecular flexibility index (Phi) is 1.45. The van der Waals surface area contributed by atoms with Gasteiger partial charge in [-0.25, -0.2) is 0 Å². The monoisotopic (exact) mass is 147 g/mol. The smallest absolute Gasteiger partial charge is 0.0463 e. The lowest BCUT2D eigenvalue weighted by Crippen LogP contribution is -1.91. The summed E-state index contributed by atoms with van der Waals surface area (Å²) in [6.07, 6.45) is 4.66. The van der Waals surface area contributed by atoms with Crippen LogP contribution in [0.2, 0.25) is 0 Å². The minimum Gasteiger partial charge on any atom is -0.260 e. The number of aromatic nitrogens is 1. The predicted octanol–water partition coefficient (Wildman–Crippen LogP) is 2.58. The van der Waals surface area contributed by atoms with Crippen molar-refractivity contribution in [1.29, 1.82) is 0 Å². The van der Waals surface area contributed by atoms with Gasteiger partial charge in [-0.1, -0.05) is 6.07 Å². The van der Waals surface area contributed by atoms with Crippen molar-refractivity contribution in [3.63, 3.8) is 0 Å². The van der Waals surface area contributed by atoms with Crippen LogP contribution in [0.3, 0.4) is 0 Å². The van der Waals surface area contributed by atoms with Gasteiger partial charge in [-0.15, -0.1) is 0 Å². The Hall–Kier alpha value is -0.850. The lowest BCUT2D eigenvalue weighted by molar-refractivity contribution is 0.987. The summed E-state index contributed by atoms with van der Waals surface area (Å²) in [6.45, 7) is 4.25. The van der Waals surface area contributed by atoms with Gasteiger partial charge >= 0.3 is 0 Å². The molecule has 1 fully saturated rings. The fourth-order valence-electron chi connectivity index (χ4n) is 1.51. The van der Waals surface area contributed by atoms with Crippen LogP contribution >= 0.6 is 0 Å². The molecule has 1 heterocycles. The first-order valence-electron chi connectivity index (χ1n) is 4.20. The van der Waals surface area contributed by atoms with Crippen LogP contribution in [0.15, 0.2) is 12.3 Å². The molecule has 0 saturated heterocycles.